The van der Waals surface area contributed by atoms with Crippen LogP contribution in [-0.2, 0) is 4.74 Å². The number of methoxy groups -OCH3 is 2. The van der Waals surface area contributed by atoms with Gasteiger partial charge in [-0.1, -0.05) is 12.1 Å². The first-order valence-corrected chi connectivity index (χ1v) is 9.06. The molecule has 1 fully saturated rings. The lowest BCUT2D eigenvalue weighted by Gasteiger charge is -2.31. The summed E-state index contributed by atoms with van der Waals surface area (Å²) in [7, 11) is 2.99. The van der Waals surface area contributed by atoms with E-state index in [0.29, 0.717) is 48.0 Å². The van der Waals surface area contributed by atoms with Crippen LogP contribution in [-0.4, -0.2) is 56.7 Å². The SMILES string of the molecule is COc1cccc(OC)c1C(=O)Nc1cccc(C(=O)N2CCOC(C)C2)c1. The number of carbonyl (C=O) groups excluding carboxylic acids is 2. The number of ether oxygens (including phenoxy) is 3. The highest BCUT2D eigenvalue weighted by Gasteiger charge is 2.23. The first kappa shape index (κ1) is 19.7. The third kappa shape index (κ3) is 4.26. The number of anilines is 1. The van der Waals surface area contributed by atoms with Crippen molar-refractivity contribution in [2.45, 2.75) is 13.0 Å². The molecule has 1 unspecified atom stereocenters. The van der Waals surface area contributed by atoms with Crippen LogP contribution in [0.5, 0.6) is 11.5 Å². The molecule has 148 valence electrons. The summed E-state index contributed by atoms with van der Waals surface area (Å²) in [6, 6.07) is 12.0. The van der Waals surface area contributed by atoms with Crippen molar-refractivity contribution < 1.29 is 23.8 Å². The lowest BCUT2D eigenvalue weighted by atomic mass is 10.1. The maximum atomic E-state index is 12.8. The fourth-order valence-electron chi connectivity index (χ4n) is 3.18. The van der Waals surface area contributed by atoms with Gasteiger partial charge < -0.3 is 24.4 Å². The second-order valence-corrected chi connectivity index (χ2v) is 6.51. The fraction of sp³-hybridized carbons (Fsp3) is 0.333. The van der Waals surface area contributed by atoms with Crippen LogP contribution in [0.1, 0.15) is 27.6 Å². The lowest BCUT2D eigenvalue weighted by Crippen LogP contribution is -2.44. The van der Waals surface area contributed by atoms with Gasteiger partial charge in [-0.3, -0.25) is 9.59 Å². The molecule has 1 atom stereocenters. The lowest BCUT2D eigenvalue weighted by molar-refractivity contribution is -0.0124. The Balaban J connectivity index is 1.80. The van der Waals surface area contributed by atoms with E-state index in [9.17, 15) is 9.59 Å². The molecule has 2 amide bonds. The molecule has 1 aliphatic rings. The van der Waals surface area contributed by atoms with Gasteiger partial charge in [0.25, 0.3) is 11.8 Å². The van der Waals surface area contributed by atoms with Gasteiger partial charge in [0.15, 0.2) is 0 Å². The van der Waals surface area contributed by atoms with E-state index in [-0.39, 0.29) is 17.9 Å². The molecule has 1 heterocycles. The molecule has 0 bridgehead atoms. The Bertz CT molecular complexity index is 845. The van der Waals surface area contributed by atoms with Crippen LogP contribution in [0.15, 0.2) is 42.5 Å². The predicted molar refractivity (Wildman–Crippen MR) is 105 cm³/mol. The summed E-state index contributed by atoms with van der Waals surface area (Å²) in [5.41, 5.74) is 1.33. The molecule has 0 spiro atoms. The number of benzene rings is 2. The quantitative estimate of drug-likeness (QED) is 0.858. The topological polar surface area (TPSA) is 77.1 Å². The maximum absolute atomic E-state index is 12.8. The highest BCUT2D eigenvalue weighted by molar-refractivity contribution is 6.08. The molecule has 1 saturated heterocycles. The Labute approximate surface area is 164 Å². The van der Waals surface area contributed by atoms with Crippen molar-refractivity contribution in [3.63, 3.8) is 0 Å². The molecular weight excluding hydrogens is 360 g/mol. The maximum Gasteiger partial charge on any atom is 0.263 e. The molecule has 2 aromatic rings. The summed E-state index contributed by atoms with van der Waals surface area (Å²) in [5.74, 6) is 0.359. The average Bonchev–Trinajstić information content (AvgIpc) is 2.72. The summed E-state index contributed by atoms with van der Waals surface area (Å²) in [5, 5.41) is 2.82. The van der Waals surface area contributed by atoms with E-state index in [1.807, 2.05) is 6.92 Å². The zero-order chi connectivity index (χ0) is 20.1. The Kier molecular flexibility index (Phi) is 6.16. The van der Waals surface area contributed by atoms with Gasteiger partial charge in [0.2, 0.25) is 0 Å². The van der Waals surface area contributed by atoms with Crippen LogP contribution in [0, 0.1) is 0 Å². The number of hydrogen-bond acceptors (Lipinski definition) is 5. The molecule has 0 saturated carbocycles. The van der Waals surface area contributed by atoms with Crippen molar-refractivity contribution in [3.8, 4) is 11.5 Å². The van der Waals surface area contributed by atoms with Crippen LogP contribution in [0.25, 0.3) is 0 Å². The standard InChI is InChI=1S/C21H24N2O5/c1-14-13-23(10-11-28-14)21(25)15-6-4-7-16(12-15)22-20(24)19-17(26-2)8-5-9-18(19)27-3/h4-9,12,14H,10-11,13H2,1-3H3,(H,22,24). The van der Waals surface area contributed by atoms with Gasteiger partial charge in [0.1, 0.15) is 17.1 Å². The number of nitrogens with one attached hydrogen (secondary N) is 1. The molecule has 1 N–H and O–H groups in total. The number of nitrogens with zero attached hydrogens (tertiary/aromatic N) is 1. The Morgan fingerprint density at radius 2 is 1.79 bits per heavy atom. The van der Waals surface area contributed by atoms with Crippen molar-refractivity contribution in [2.75, 3.05) is 39.2 Å². The Morgan fingerprint density at radius 1 is 1.11 bits per heavy atom. The minimum Gasteiger partial charge on any atom is -0.496 e. The summed E-state index contributed by atoms with van der Waals surface area (Å²) in [4.78, 5) is 27.4. The van der Waals surface area contributed by atoms with Gasteiger partial charge in [-0.25, -0.2) is 0 Å². The van der Waals surface area contributed by atoms with Crippen molar-refractivity contribution in [2.24, 2.45) is 0 Å². The molecule has 0 aliphatic carbocycles. The van der Waals surface area contributed by atoms with Crippen LogP contribution in [0.4, 0.5) is 5.69 Å². The molecule has 0 aromatic heterocycles. The third-order valence-electron chi connectivity index (χ3n) is 4.55. The van der Waals surface area contributed by atoms with E-state index in [1.54, 1.807) is 47.4 Å². The largest absolute Gasteiger partial charge is 0.496 e. The summed E-state index contributed by atoms with van der Waals surface area (Å²) < 4.78 is 16.1. The minimum atomic E-state index is -0.376. The fourth-order valence-corrected chi connectivity index (χ4v) is 3.18. The van der Waals surface area contributed by atoms with Crippen molar-refractivity contribution >= 4 is 17.5 Å². The van der Waals surface area contributed by atoms with Crippen LogP contribution >= 0.6 is 0 Å². The first-order chi connectivity index (χ1) is 13.5. The zero-order valence-electron chi connectivity index (χ0n) is 16.2. The highest BCUT2D eigenvalue weighted by atomic mass is 16.5. The van der Waals surface area contributed by atoms with Gasteiger partial charge in [0, 0.05) is 24.3 Å². The summed E-state index contributed by atoms with van der Waals surface area (Å²) >= 11 is 0. The van der Waals surface area contributed by atoms with Gasteiger partial charge in [-0.05, 0) is 37.3 Å². The second-order valence-electron chi connectivity index (χ2n) is 6.51. The normalized spacial score (nSPS) is 16.4. The van der Waals surface area contributed by atoms with E-state index in [1.165, 1.54) is 14.2 Å². The van der Waals surface area contributed by atoms with E-state index in [0.717, 1.165) is 0 Å². The molecule has 28 heavy (non-hydrogen) atoms. The van der Waals surface area contributed by atoms with Crippen LogP contribution < -0.4 is 14.8 Å². The molecule has 0 radical (unpaired) electrons. The van der Waals surface area contributed by atoms with E-state index < -0.39 is 0 Å². The number of carbonyl (C=O) groups is 2. The predicted octanol–water partition coefficient (Wildman–Crippen LogP) is 2.82. The molecular formula is C21H24N2O5. The van der Waals surface area contributed by atoms with E-state index in [4.69, 9.17) is 14.2 Å². The molecule has 7 nitrogen and oxygen atoms in total. The summed E-state index contributed by atoms with van der Waals surface area (Å²) in [6.45, 7) is 3.57. The highest BCUT2D eigenvalue weighted by Crippen LogP contribution is 2.29. The third-order valence-corrected chi connectivity index (χ3v) is 4.55. The Hall–Kier alpha value is -3.06. The number of amides is 2. The molecule has 2 aromatic carbocycles. The van der Waals surface area contributed by atoms with Crippen molar-refractivity contribution in [1.29, 1.82) is 0 Å². The van der Waals surface area contributed by atoms with Crippen LogP contribution in [0.2, 0.25) is 0 Å². The summed E-state index contributed by atoms with van der Waals surface area (Å²) in [6.07, 6.45) is 0.0126. The Morgan fingerprint density at radius 3 is 2.43 bits per heavy atom. The van der Waals surface area contributed by atoms with Gasteiger partial charge >= 0.3 is 0 Å². The number of hydrogen-bond donors (Lipinski definition) is 1. The van der Waals surface area contributed by atoms with Gasteiger partial charge in [-0.15, -0.1) is 0 Å². The molecule has 1 aliphatic heterocycles. The number of morpholine rings is 1. The molecule has 3 rings (SSSR count). The first-order valence-electron chi connectivity index (χ1n) is 9.06. The number of rotatable bonds is 5. The zero-order valence-corrected chi connectivity index (χ0v) is 16.2. The van der Waals surface area contributed by atoms with E-state index >= 15 is 0 Å². The van der Waals surface area contributed by atoms with Crippen molar-refractivity contribution in [3.05, 3.63) is 53.6 Å². The molecule has 7 heteroatoms. The minimum absolute atomic E-state index is 0.0126. The average molecular weight is 384 g/mol. The smallest absolute Gasteiger partial charge is 0.263 e. The monoisotopic (exact) mass is 384 g/mol. The van der Waals surface area contributed by atoms with Gasteiger partial charge in [-0.2, -0.15) is 0 Å². The van der Waals surface area contributed by atoms with Crippen molar-refractivity contribution in [1.82, 2.24) is 4.90 Å². The van der Waals surface area contributed by atoms with Crippen LogP contribution in [0.3, 0.4) is 0 Å². The van der Waals surface area contributed by atoms with E-state index in [2.05, 4.69) is 5.32 Å². The van der Waals surface area contributed by atoms with Gasteiger partial charge in [0.05, 0.1) is 26.9 Å². The second kappa shape index (κ2) is 8.75.